The summed E-state index contributed by atoms with van der Waals surface area (Å²) in [5.74, 6) is -0.0677. The Balaban J connectivity index is 1.52. The standard InChI is InChI=1S/C21H17FN4O2/c1-14-8-10-15(11-9-14)20-24-21(28-25-20)18-7-4-12-26(18)13-19(27)23-17-6-3-2-5-16(17)22/h2-12H,13H2,1H3,(H,23,27). The summed E-state index contributed by atoms with van der Waals surface area (Å²) >= 11 is 0. The molecule has 0 aliphatic carbocycles. The van der Waals surface area contributed by atoms with Crippen LogP contribution in [0.4, 0.5) is 10.1 Å². The average molecular weight is 376 g/mol. The molecule has 0 bridgehead atoms. The number of carbonyl (C=O) groups is 1. The number of aromatic nitrogens is 3. The second-order valence-electron chi connectivity index (χ2n) is 6.34. The van der Waals surface area contributed by atoms with E-state index in [0.29, 0.717) is 17.4 Å². The summed E-state index contributed by atoms with van der Waals surface area (Å²) < 4.78 is 20.8. The van der Waals surface area contributed by atoms with E-state index in [0.717, 1.165) is 11.1 Å². The van der Waals surface area contributed by atoms with Crippen molar-refractivity contribution in [2.75, 3.05) is 5.32 Å². The van der Waals surface area contributed by atoms with Crippen LogP contribution < -0.4 is 5.32 Å². The van der Waals surface area contributed by atoms with Crippen LogP contribution in [0.3, 0.4) is 0 Å². The van der Waals surface area contributed by atoms with E-state index in [1.807, 2.05) is 31.2 Å². The summed E-state index contributed by atoms with van der Waals surface area (Å²) in [4.78, 5) is 16.7. The minimum atomic E-state index is -0.483. The zero-order valence-corrected chi connectivity index (χ0v) is 15.1. The van der Waals surface area contributed by atoms with Gasteiger partial charge in [-0.3, -0.25) is 4.79 Å². The molecule has 0 radical (unpaired) electrons. The van der Waals surface area contributed by atoms with Gasteiger partial charge in [-0.15, -0.1) is 0 Å². The number of nitrogens with zero attached hydrogens (tertiary/aromatic N) is 3. The second-order valence-corrected chi connectivity index (χ2v) is 6.34. The minimum Gasteiger partial charge on any atom is -0.334 e. The van der Waals surface area contributed by atoms with Gasteiger partial charge in [0.2, 0.25) is 11.7 Å². The molecule has 28 heavy (non-hydrogen) atoms. The molecule has 0 saturated heterocycles. The fourth-order valence-electron chi connectivity index (χ4n) is 2.80. The first-order chi connectivity index (χ1) is 13.6. The molecule has 2 heterocycles. The maximum Gasteiger partial charge on any atom is 0.274 e. The Bertz CT molecular complexity index is 1120. The van der Waals surface area contributed by atoms with E-state index < -0.39 is 5.82 Å². The van der Waals surface area contributed by atoms with Crippen molar-refractivity contribution in [1.82, 2.24) is 14.7 Å². The number of hydrogen-bond acceptors (Lipinski definition) is 4. The summed E-state index contributed by atoms with van der Waals surface area (Å²) in [5.41, 5.74) is 2.73. The third kappa shape index (κ3) is 3.68. The number of amides is 1. The molecule has 0 spiro atoms. The first-order valence-electron chi connectivity index (χ1n) is 8.71. The summed E-state index contributed by atoms with van der Waals surface area (Å²) in [5, 5.41) is 6.58. The minimum absolute atomic E-state index is 0.0150. The molecule has 0 saturated carbocycles. The predicted octanol–water partition coefficient (Wildman–Crippen LogP) is 4.29. The van der Waals surface area contributed by atoms with Crippen molar-refractivity contribution in [3.63, 3.8) is 0 Å². The van der Waals surface area contributed by atoms with Gasteiger partial charge in [-0.2, -0.15) is 4.98 Å². The van der Waals surface area contributed by atoms with Gasteiger partial charge in [0.15, 0.2) is 0 Å². The number of anilines is 1. The summed E-state index contributed by atoms with van der Waals surface area (Å²) in [6, 6.07) is 17.4. The Kier molecular flexibility index (Phi) is 4.72. The molecule has 6 nitrogen and oxygen atoms in total. The molecule has 1 N–H and O–H groups in total. The first-order valence-corrected chi connectivity index (χ1v) is 8.71. The fraction of sp³-hybridized carbons (Fsp3) is 0.0952. The van der Waals surface area contributed by atoms with Crippen molar-refractivity contribution in [3.8, 4) is 23.0 Å². The topological polar surface area (TPSA) is 73.0 Å². The molecular formula is C21H17FN4O2. The summed E-state index contributed by atoms with van der Waals surface area (Å²) in [7, 11) is 0. The molecule has 2 aromatic carbocycles. The van der Waals surface area contributed by atoms with Gasteiger partial charge >= 0.3 is 0 Å². The van der Waals surface area contributed by atoms with E-state index in [1.54, 1.807) is 35.0 Å². The van der Waals surface area contributed by atoms with Crippen LogP contribution in [-0.2, 0) is 11.3 Å². The molecule has 140 valence electrons. The van der Waals surface area contributed by atoms with Gasteiger partial charge in [0.05, 0.1) is 5.69 Å². The number of nitrogens with one attached hydrogen (secondary N) is 1. The van der Waals surface area contributed by atoms with Gasteiger partial charge in [0, 0.05) is 11.8 Å². The number of aryl methyl sites for hydroxylation is 1. The van der Waals surface area contributed by atoms with E-state index in [9.17, 15) is 9.18 Å². The van der Waals surface area contributed by atoms with Gasteiger partial charge in [0.1, 0.15) is 18.1 Å². The van der Waals surface area contributed by atoms with Crippen LogP contribution in [-0.4, -0.2) is 20.6 Å². The van der Waals surface area contributed by atoms with Crippen LogP contribution in [0.1, 0.15) is 5.56 Å². The highest BCUT2D eigenvalue weighted by atomic mass is 19.1. The zero-order valence-electron chi connectivity index (χ0n) is 15.1. The van der Waals surface area contributed by atoms with E-state index in [-0.39, 0.29) is 18.1 Å². The lowest BCUT2D eigenvalue weighted by molar-refractivity contribution is -0.116. The molecule has 0 aliphatic rings. The van der Waals surface area contributed by atoms with Crippen molar-refractivity contribution in [2.24, 2.45) is 0 Å². The second kappa shape index (κ2) is 7.48. The number of rotatable bonds is 5. The summed E-state index contributed by atoms with van der Waals surface area (Å²) in [6.45, 7) is 1.99. The Hall–Kier alpha value is -3.74. The monoisotopic (exact) mass is 376 g/mol. The van der Waals surface area contributed by atoms with Crippen LogP contribution in [0.25, 0.3) is 23.0 Å². The Labute approximate surface area is 160 Å². The molecule has 2 aromatic heterocycles. The predicted molar refractivity (Wildman–Crippen MR) is 103 cm³/mol. The van der Waals surface area contributed by atoms with Crippen LogP contribution in [0.15, 0.2) is 71.4 Å². The zero-order chi connectivity index (χ0) is 19.5. The maximum absolute atomic E-state index is 13.7. The van der Waals surface area contributed by atoms with Crippen LogP contribution >= 0.6 is 0 Å². The molecule has 0 atom stereocenters. The Morgan fingerprint density at radius 1 is 1.11 bits per heavy atom. The van der Waals surface area contributed by atoms with Crippen LogP contribution in [0, 0.1) is 12.7 Å². The van der Waals surface area contributed by atoms with Gasteiger partial charge in [-0.25, -0.2) is 4.39 Å². The van der Waals surface area contributed by atoms with Crippen molar-refractivity contribution >= 4 is 11.6 Å². The molecule has 7 heteroatoms. The lowest BCUT2D eigenvalue weighted by Crippen LogP contribution is -2.19. The van der Waals surface area contributed by atoms with Gasteiger partial charge in [-0.05, 0) is 31.2 Å². The fourth-order valence-corrected chi connectivity index (χ4v) is 2.80. The Morgan fingerprint density at radius 3 is 2.68 bits per heavy atom. The van der Waals surface area contributed by atoms with Crippen molar-refractivity contribution in [1.29, 1.82) is 0 Å². The van der Waals surface area contributed by atoms with Gasteiger partial charge in [0.25, 0.3) is 5.89 Å². The highest BCUT2D eigenvalue weighted by molar-refractivity contribution is 5.91. The normalized spacial score (nSPS) is 10.8. The number of hydrogen-bond donors (Lipinski definition) is 1. The number of para-hydroxylation sites is 1. The van der Waals surface area contributed by atoms with Crippen LogP contribution in [0.5, 0.6) is 0 Å². The molecule has 0 aliphatic heterocycles. The average Bonchev–Trinajstić information content (AvgIpc) is 3.33. The first kappa shape index (κ1) is 17.7. The van der Waals surface area contributed by atoms with Crippen LogP contribution in [0.2, 0.25) is 0 Å². The maximum atomic E-state index is 13.7. The molecule has 0 unspecified atom stereocenters. The van der Waals surface area contributed by atoms with Crippen molar-refractivity contribution in [2.45, 2.75) is 13.5 Å². The molecule has 0 fully saturated rings. The number of carbonyl (C=O) groups excluding carboxylic acids is 1. The third-order valence-corrected chi connectivity index (χ3v) is 4.25. The van der Waals surface area contributed by atoms with Gasteiger partial charge < -0.3 is 14.4 Å². The quantitative estimate of drug-likeness (QED) is 0.564. The molecular weight excluding hydrogens is 359 g/mol. The summed E-state index contributed by atoms with van der Waals surface area (Å²) in [6.07, 6.45) is 1.73. The van der Waals surface area contributed by atoms with E-state index in [4.69, 9.17) is 4.52 Å². The lowest BCUT2D eigenvalue weighted by atomic mass is 10.1. The largest absolute Gasteiger partial charge is 0.334 e. The lowest BCUT2D eigenvalue weighted by Gasteiger charge is -2.08. The highest BCUT2D eigenvalue weighted by Crippen LogP contribution is 2.23. The van der Waals surface area contributed by atoms with E-state index in [1.165, 1.54) is 12.1 Å². The molecule has 4 aromatic rings. The molecule has 1 amide bonds. The number of benzene rings is 2. The van der Waals surface area contributed by atoms with Gasteiger partial charge in [-0.1, -0.05) is 47.1 Å². The third-order valence-electron chi connectivity index (χ3n) is 4.25. The highest BCUT2D eigenvalue weighted by Gasteiger charge is 2.16. The van der Waals surface area contributed by atoms with E-state index in [2.05, 4.69) is 15.5 Å². The molecule has 4 rings (SSSR count). The smallest absolute Gasteiger partial charge is 0.274 e. The SMILES string of the molecule is Cc1ccc(-c2noc(-c3cccn3CC(=O)Nc3ccccc3F)n2)cc1. The Morgan fingerprint density at radius 2 is 1.89 bits per heavy atom. The number of halogens is 1. The van der Waals surface area contributed by atoms with E-state index >= 15 is 0 Å². The van der Waals surface area contributed by atoms with Crippen molar-refractivity contribution in [3.05, 3.63) is 78.2 Å². The van der Waals surface area contributed by atoms with Crippen molar-refractivity contribution < 1.29 is 13.7 Å².